The molecule has 0 heterocycles. The second-order valence-electron chi connectivity index (χ2n) is 5.52. The first-order chi connectivity index (χ1) is 8.29. The predicted octanol–water partition coefficient (Wildman–Crippen LogP) is 4.81. The second kappa shape index (κ2) is 6.11. The largest absolute Gasteiger partial charge is 0.309 e. The van der Waals surface area contributed by atoms with E-state index in [4.69, 9.17) is 0 Å². The van der Waals surface area contributed by atoms with E-state index in [9.17, 15) is 8.78 Å². The van der Waals surface area contributed by atoms with Crippen molar-refractivity contribution in [2.75, 3.05) is 6.54 Å². The van der Waals surface area contributed by atoms with Crippen molar-refractivity contribution in [3.8, 4) is 0 Å². The molecule has 0 aromatic heterocycles. The fourth-order valence-corrected chi connectivity index (χ4v) is 2.49. The standard InChI is InChI=1S/C14H20BrF2N/c1-5-8-18-13(14(2,3)4)9-6-7-10(16)12(17)11(9)15/h6-7,13,18H,5,8H2,1-4H3. The highest BCUT2D eigenvalue weighted by molar-refractivity contribution is 9.10. The first kappa shape index (κ1) is 15.6. The van der Waals surface area contributed by atoms with Crippen molar-refractivity contribution < 1.29 is 8.78 Å². The van der Waals surface area contributed by atoms with Crippen LogP contribution < -0.4 is 5.32 Å². The summed E-state index contributed by atoms with van der Waals surface area (Å²) in [4.78, 5) is 0. The van der Waals surface area contributed by atoms with E-state index in [1.54, 1.807) is 6.07 Å². The molecule has 1 aromatic rings. The highest BCUT2D eigenvalue weighted by Crippen LogP contribution is 2.37. The van der Waals surface area contributed by atoms with Crippen LogP contribution in [0.25, 0.3) is 0 Å². The molecule has 0 saturated heterocycles. The number of rotatable bonds is 4. The molecule has 1 nitrogen and oxygen atoms in total. The summed E-state index contributed by atoms with van der Waals surface area (Å²) in [6.45, 7) is 9.15. The molecule has 1 aromatic carbocycles. The maximum Gasteiger partial charge on any atom is 0.173 e. The summed E-state index contributed by atoms with van der Waals surface area (Å²) in [5.41, 5.74) is 0.678. The zero-order valence-electron chi connectivity index (χ0n) is 11.3. The summed E-state index contributed by atoms with van der Waals surface area (Å²) in [6.07, 6.45) is 0.994. The highest BCUT2D eigenvalue weighted by atomic mass is 79.9. The molecule has 0 spiro atoms. The van der Waals surface area contributed by atoms with Gasteiger partial charge < -0.3 is 5.32 Å². The van der Waals surface area contributed by atoms with Gasteiger partial charge in [-0.3, -0.25) is 0 Å². The van der Waals surface area contributed by atoms with Gasteiger partial charge >= 0.3 is 0 Å². The van der Waals surface area contributed by atoms with Crippen molar-refractivity contribution in [2.24, 2.45) is 5.41 Å². The molecule has 0 bridgehead atoms. The minimum Gasteiger partial charge on any atom is -0.309 e. The monoisotopic (exact) mass is 319 g/mol. The summed E-state index contributed by atoms with van der Waals surface area (Å²) >= 11 is 3.16. The molecule has 1 N–H and O–H groups in total. The molecule has 0 aliphatic carbocycles. The van der Waals surface area contributed by atoms with Crippen LogP contribution in [0.3, 0.4) is 0 Å². The second-order valence-corrected chi connectivity index (χ2v) is 6.31. The Hall–Kier alpha value is -0.480. The molecule has 0 radical (unpaired) electrons. The fraction of sp³-hybridized carbons (Fsp3) is 0.571. The van der Waals surface area contributed by atoms with Gasteiger partial charge in [0.1, 0.15) is 0 Å². The minimum atomic E-state index is -0.825. The number of nitrogens with one attached hydrogen (secondary N) is 1. The Morgan fingerprint density at radius 2 is 1.89 bits per heavy atom. The lowest BCUT2D eigenvalue weighted by Crippen LogP contribution is -2.33. The summed E-state index contributed by atoms with van der Waals surface area (Å²) in [5, 5.41) is 3.39. The van der Waals surface area contributed by atoms with E-state index >= 15 is 0 Å². The van der Waals surface area contributed by atoms with E-state index in [0.717, 1.165) is 18.5 Å². The first-order valence-corrected chi connectivity index (χ1v) is 6.95. The van der Waals surface area contributed by atoms with Gasteiger partial charge in [0.2, 0.25) is 0 Å². The van der Waals surface area contributed by atoms with Gasteiger partial charge in [0, 0.05) is 6.04 Å². The normalized spacial score (nSPS) is 13.7. The third kappa shape index (κ3) is 3.51. The Bertz CT molecular complexity index is 413. The summed E-state index contributed by atoms with van der Waals surface area (Å²) in [7, 11) is 0. The molecule has 18 heavy (non-hydrogen) atoms. The van der Waals surface area contributed by atoms with Crippen molar-refractivity contribution >= 4 is 15.9 Å². The molecule has 0 saturated carbocycles. The summed E-state index contributed by atoms with van der Waals surface area (Å²) in [6, 6.07) is 2.80. The molecule has 0 amide bonds. The molecule has 0 aliphatic rings. The molecule has 4 heteroatoms. The van der Waals surface area contributed by atoms with Crippen molar-refractivity contribution in [3.63, 3.8) is 0 Å². The molecular formula is C14H20BrF2N. The van der Waals surface area contributed by atoms with Gasteiger partial charge in [-0.2, -0.15) is 0 Å². The minimum absolute atomic E-state index is 0.0260. The maximum atomic E-state index is 13.6. The summed E-state index contributed by atoms with van der Waals surface area (Å²) < 4.78 is 27.0. The molecule has 102 valence electrons. The number of hydrogen-bond donors (Lipinski definition) is 1. The Morgan fingerprint density at radius 3 is 2.39 bits per heavy atom. The molecule has 0 aliphatic heterocycles. The first-order valence-electron chi connectivity index (χ1n) is 6.15. The van der Waals surface area contributed by atoms with Gasteiger partial charge in [0.15, 0.2) is 11.6 Å². The zero-order chi connectivity index (χ0) is 13.9. The third-order valence-corrected chi connectivity index (χ3v) is 3.65. The smallest absolute Gasteiger partial charge is 0.173 e. The van der Waals surface area contributed by atoms with Gasteiger partial charge in [-0.1, -0.05) is 33.8 Å². The van der Waals surface area contributed by atoms with Crippen LogP contribution in [0.15, 0.2) is 16.6 Å². The van der Waals surface area contributed by atoms with Crippen LogP contribution in [0.2, 0.25) is 0 Å². The zero-order valence-corrected chi connectivity index (χ0v) is 12.9. The average Bonchev–Trinajstić information content (AvgIpc) is 2.27. The molecule has 1 rings (SSSR count). The van der Waals surface area contributed by atoms with E-state index < -0.39 is 11.6 Å². The molecular weight excluding hydrogens is 300 g/mol. The van der Waals surface area contributed by atoms with Gasteiger partial charge in [0.05, 0.1) is 4.47 Å². The Morgan fingerprint density at radius 1 is 1.28 bits per heavy atom. The Balaban J connectivity index is 3.17. The van der Waals surface area contributed by atoms with Crippen LogP contribution in [-0.4, -0.2) is 6.54 Å². The average molecular weight is 320 g/mol. The number of hydrogen-bond acceptors (Lipinski definition) is 1. The van der Waals surface area contributed by atoms with Crippen LogP contribution in [0.1, 0.15) is 45.7 Å². The molecule has 1 unspecified atom stereocenters. The fourth-order valence-electron chi connectivity index (χ4n) is 1.94. The van der Waals surface area contributed by atoms with Gasteiger partial charge in [0.25, 0.3) is 0 Å². The van der Waals surface area contributed by atoms with E-state index in [1.807, 2.05) is 0 Å². The molecule has 0 fully saturated rings. The number of benzene rings is 1. The Labute approximate surface area is 116 Å². The van der Waals surface area contributed by atoms with Crippen molar-refractivity contribution in [2.45, 2.75) is 40.2 Å². The van der Waals surface area contributed by atoms with Gasteiger partial charge in [-0.15, -0.1) is 0 Å². The number of halogens is 3. The van der Waals surface area contributed by atoms with E-state index in [1.165, 1.54) is 6.07 Å². The lowest BCUT2D eigenvalue weighted by Gasteiger charge is -2.33. The van der Waals surface area contributed by atoms with Gasteiger partial charge in [-0.05, 0) is 45.9 Å². The lowest BCUT2D eigenvalue weighted by atomic mass is 9.82. The highest BCUT2D eigenvalue weighted by Gasteiger charge is 2.28. The predicted molar refractivity (Wildman–Crippen MR) is 74.5 cm³/mol. The van der Waals surface area contributed by atoms with Crippen LogP contribution >= 0.6 is 15.9 Å². The SMILES string of the molecule is CCCNC(c1ccc(F)c(F)c1Br)C(C)(C)C. The molecule has 1 atom stereocenters. The third-order valence-electron chi connectivity index (χ3n) is 2.84. The van der Waals surface area contributed by atoms with Crippen LogP contribution in [0, 0.1) is 17.0 Å². The van der Waals surface area contributed by atoms with Crippen molar-refractivity contribution in [1.29, 1.82) is 0 Å². The van der Waals surface area contributed by atoms with Crippen LogP contribution in [-0.2, 0) is 0 Å². The van der Waals surface area contributed by atoms with E-state index in [2.05, 4.69) is 48.9 Å². The topological polar surface area (TPSA) is 12.0 Å². The van der Waals surface area contributed by atoms with E-state index in [-0.39, 0.29) is 15.9 Å². The van der Waals surface area contributed by atoms with Crippen LogP contribution in [0.5, 0.6) is 0 Å². The van der Waals surface area contributed by atoms with Crippen LogP contribution in [0.4, 0.5) is 8.78 Å². The quantitative estimate of drug-likeness (QED) is 0.785. The van der Waals surface area contributed by atoms with Crippen molar-refractivity contribution in [3.05, 3.63) is 33.8 Å². The van der Waals surface area contributed by atoms with Crippen molar-refractivity contribution in [1.82, 2.24) is 5.32 Å². The van der Waals surface area contributed by atoms with E-state index in [0.29, 0.717) is 0 Å². The van der Waals surface area contributed by atoms with Gasteiger partial charge in [-0.25, -0.2) is 8.78 Å². The lowest BCUT2D eigenvalue weighted by molar-refractivity contribution is 0.271. The Kier molecular flexibility index (Phi) is 5.29. The summed E-state index contributed by atoms with van der Waals surface area (Å²) in [5.74, 6) is -1.64. The maximum absolute atomic E-state index is 13.6.